The molecule has 2 rings (SSSR count). The maximum absolute atomic E-state index is 4.55. The molecule has 0 bridgehead atoms. The lowest BCUT2D eigenvalue weighted by Crippen LogP contribution is -2.36. The fourth-order valence-corrected chi connectivity index (χ4v) is 2.32. The quantitative estimate of drug-likeness (QED) is 0.635. The number of rotatable bonds is 5. The Kier molecular flexibility index (Phi) is 5.65. The van der Waals surface area contributed by atoms with Gasteiger partial charge in [0.15, 0.2) is 5.96 Å². The summed E-state index contributed by atoms with van der Waals surface area (Å²) in [6.45, 7) is 8.81. The van der Waals surface area contributed by atoms with Crippen LogP contribution in [0, 0.1) is 0 Å². The molecule has 2 N–H and O–H groups in total. The number of guanidine groups is 1. The van der Waals surface area contributed by atoms with E-state index in [1.807, 2.05) is 6.20 Å². The Morgan fingerprint density at radius 1 is 1.20 bits per heavy atom. The SMILES string of the molecule is CCNC(=NCc1ccc(N2CCCC2)nc1)NCC. The lowest BCUT2D eigenvalue weighted by molar-refractivity contribution is 0.838. The fraction of sp³-hybridized carbons (Fsp3) is 0.600. The van der Waals surface area contributed by atoms with Crippen LogP contribution < -0.4 is 15.5 Å². The van der Waals surface area contributed by atoms with Crippen LogP contribution in [0.1, 0.15) is 32.3 Å². The summed E-state index contributed by atoms with van der Waals surface area (Å²) >= 11 is 0. The van der Waals surface area contributed by atoms with Gasteiger partial charge >= 0.3 is 0 Å². The fourth-order valence-electron chi connectivity index (χ4n) is 2.32. The highest BCUT2D eigenvalue weighted by molar-refractivity contribution is 5.79. The second-order valence-electron chi connectivity index (χ2n) is 4.94. The standard InChI is InChI=1S/C15H25N5/c1-3-16-15(17-4-2)19-12-13-7-8-14(18-11-13)20-9-5-6-10-20/h7-8,11H,3-6,9-10,12H2,1-2H3,(H2,16,17,19). The van der Waals surface area contributed by atoms with Crippen molar-refractivity contribution in [3.63, 3.8) is 0 Å². The first-order valence-electron chi connectivity index (χ1n) is 7.55. The van der Waals surface area contributed by atoms with Crippen molar-refractivity contribution in [1.82, 2.24) is 15.6 Å². The first-order chi connectivity index (χ1) is 9.83. The van der Waals surface area contributed by atoms with E-state index < -0.39 is 0 Å². The smallest absolute Gasteiger partial charge is 0.191 e. The maximum Gasteiger partial charge on any atom is 0.191 e. The molecule has 0 unspecified atom stereocenters. The van der Waals surface area contributed by atoms with Crippen molar-refractivity contribution in [3.8, 4) is 0 Å². The molecular formula is C15H25N5. The monoisotopic (exact) mass is 275 g/mol. The van der Waals surface area contributed by atoms with Gasteiger partial charge in [-0.1, -0.05) is 6.07 Å². The van der Waals surface area contributed by atoms with Gasteiger partial charge in [0.05, 0.1) is 6.54 Å². The molecule has 0 amide bonds. The Bertz CT molecular complexity index is 412. The minimum absolute atomic E-state index is 0.655. The third-order valence-electron chi connectivity index (χ3n) is 3.35. The van der Waals surface area contributed by atoms with Gasteiger partial charge in [-0.2, -0.15) is 0 Å². The molecule has 0 radical (unpaired) electrons. The largest absolute Gasteiger partial charge is 0.357 e. The van der Waals surface area contributed by atoms with Crippen molar-refractivity contribution >= 4 is 11.8 Å². The number of nitrogens with one attached hydrogen (secondary N) is 2. The Morgan fingerprint density at radius 3 is 2.45 bits per heavy atom. The number of hydrogen-bond donors (Lipinski definition) is 2. The topological polar surface area (TPSA) is 52.6 Å². The molecule has 5 nitrogen and oxygen atoms in total. The molecule has 0 spiro atoms. The molecule has 0 aliphatic carbocycles. The summed E-state index contributed by atoms with van der Waals surface area (Å²) in [5, 5.41) is 6.44. The maximum atomic E-state index is 4.55. The average molecular weight is 275 g/mol. The first-order valence-corrected chi connectivity index (χ1v) is 7.55. The number of pyridine rings is 1. The molecule has 0 saturated carbocycles. The van der Waals surface area contributed by atoms with Gasteiger partial charge in [-0.05, 0) is 38.3 Å². The van der Waals surface area contributed by atoms with Gasteiger partial charge in [-0.3, -0.25) is 0 Å². The van der Waals surface area contributed by atoms with Gasteiger partial charge < -0.3 is 15.5 Å². The summed E-state index contributed by atoms with van der Waals surface area (Å²) in [4.78, 5) is 11.4. The van der Waals surface area contributed by atoms with E-state index in [-0.39, 0.29) is 0 Å². The Balaban J connectivity index is 1.93. The minimum atomic E-state index is 0.655. The van der Waals surface area contributed by atoms with Gasteiger partial charge in [0.1, 0.15) is 5.82 Å². The van der Waals surface area contributed by atoms with Crippen LogP contribution in [0.25, 0.3) is 0 Å². The molecule has 1 fully saturated rings. The van der Waals surface area contributed by atoms with E-state index in [1.165, 1.54) is 12.8 Å². The zero-order chi connectivity index (χ0) is 14.2. The molecule has 1 aliphatic heterocycles. The molecule has 1 saturated heterocycles. The number of aliphatic imine (C=N–C) groups is 1. The number of aromatic nitrogens is 1. The molecule has 5 heteroatoms. The molecule has 1 aliphatic rings. The molecule has 20 heavy (non-hydrogen) atoms. The molecule has 0 atom stereocenters. The van der Waals surface area contributed by atoms with Crippen molar-refractivity contribution in [2.45, 2.75) is 33.2 Å². The van der Waals surface area contributed by atoms with Crippen LogP contribution in [0.15, 0.2) is 23.3 Å². The molecule has 110 valence electrons. The van der Waals surface area contributed by atoms with E-state index in [0.29, 0.717) is 6.54 Å². The third-order valence-corrected chi connectivity index (χ3v) is 3.35. The van der Waals surface area contributed by atoms with E-state index in [2.05, 4.69) is 51.5 Å². The molecular weight excluding hydrogens is 250 g/mol. The summed E-state index contributed by atoms with van der Waals surface area (Å²) in [5.41, 5.74) is 1.14. The van der Waals surface area contributed by atoms with Crippen LogP contribution in [-0.2, 0) is 6.54 Å². The van der Waals surface area contributed by atoms with Gasteiger partial charge in [0.2, 0.25) is 0 Å². The minimum Gasteiger partial charge on any atom is -0.357 e. The van der Waals surface area contributed by atoms with Crippen LogP contribution >= 0.6 is 0 Å². The normalized spacial score (nSPS) is 14.2. The van der Waals surface area contributed by atoms with Gasteiger partial charge in [0, 0.05) is 32.4 Å². The first kappa shape index (κ1) is 14.6. The van der Waals surface area contributed by atoms with Gasteiger partial charge in [-0.25, -0.2) is 9.98 Å². The average Bonchev–Trinajstić information content (AvgIpc) is 3.00. The summed E-state index contributed by atoms with van der Waals surface area (Å²) in [6.07, 6.45) is 4.50. The zero-order valence-corrected chi connectivity index (χ0v) is 12.5. The van der Waals surface area contributed by atoms with Crippen LogP contribution in [0.4, 0.5) is 5.82 Å². The predicted octanol–water partition coefficient (Wildman–Crippen LogP) is 1.76. The molecule has 0 aromatic carbocycles. The predicted molar refractivity (Wildman–Crippen MR) is 84.2 cm³/mol. The Labute approximate surface area is 121 Å². The molecule has 1 aromatic heterocycles. The summed E-state index contributed by atoms with van der Waals surface area (Å²) in [7, 11) is 0. The highest BCUT2D eigenvalue weighted by atomic mass is 15.2. The van der Waals surface area contributed by atoms with E-state index in [0.717, 1.165) is 43.5 Å². The van der Waals surface area contributed by atoms with Gasteiger partial charge in [-0.15, -0.1) is 0 Å². The lowest BCUT2D eigenvalue weighted by Gasteiger charge is -2.16. The second-order valence-corrected chi connectivity index (χ2v) is 4.94. The lowest BCUT2D eigenvalue weighted by atomic mass is 10.3. The van der Waals surface area contributed by atoms with Crippen LogP contribution in [0.3, 0.4) is 0 Å². The highest BCUT2D eigenvalue weighted by Crippen LogP contribution is 2.17. The summed E-state index contributed by atoms with van der Waals surface area (Å²) in [6, 6.07) is 4.23. The van der Waals surface area contributed by atoms with Gasteiger partial charge in [0.25, 0.3) is 0 Å². The zero-order valence-electron chi connectivity index (χ0n) is 12.5. The highest BCUT2D eigenvalue weighted by Gasteiger charge is 2.12. The number of anilines is 1. The van der Waals surface area contributed by atoms with Crippen molar-refractivity contribution in [2.24, 2.45) is 4.99 Å². The Morgan fingerprint density at radius 2 is 1.90 bits per heavy atom. The van der Waals surface area contributed by atoms with Crippen LogP contribution in [0.5, 0.6) is 0 Å². The van der Waals surface area contributed by atoms with Crippen molar-refractivity contribution in [1.29, 1.82) is 0 Å². The van der Waals surface area contributed by atoms with Crippen molar-refractivity contribution in [3.05, 3.63) is 23.9 Å². The van der Waals surface area contributed by atoms with Crippen molar-refractivity contribution in [2.75, 3.05) is 31.1 Å². The van der Waals surface area contributed by atoms with E-state index >= 15 is 0 Å². The Hall–Kier alpha value is -1.78. The van der Waals surface area contributed by atoms with E-state index in [9.17, 15) is 0 Å². The number of hydrogen-bond acceptors (Lipinski definition) is 3. The summed E-state index contributed by atoms with van der Waals surface area (Å²) in [5.74, 6) is 1.95. The van der Waals surface area contributed by atoms with Crippen molar-refractivity contribution < 1.29 is 0 Å². The molecule has 1 aromatic rings. The third kappa shape index (κ3) is 4.11. The summed E-state index contributed by atoms with van der Waals surface area (Å²) < 4.78 is 0. The van der Waals surface area contributed by atoms with E-state index in [4.69, 9.17) is 0 Å². The van der Waals surface area contributed by atoms with E-state index in [1.54, 1.807) is 0 Å². The van der Waals surface area contributed by atoms with Crippen LogP contribution in [0.2, 0.25) is 0 Å². The molecule has 2 heterocycles. The second kappa shape index (κ2) is 7.72. The number of nitrogens with zero attached hydrogens (tertiary/aromatic N) is 3. The van der Waals surface area contributed by atoms with Crippen LogP contribution in [-0.4, -0.2) is 37.1 Å².